The molecule has 2 aromatic rings. The van der Waals surface area contributed by atoms with Crippen molar-refractivity contribution >= 4 is 11.7 Å². The van der Waals surface area contributed by atoms with Crippen molar-refractivity contribution in [2.75, 3.05) is 18.8 Å². The fraction of sp³-hybridized carbons (Fsp3) is 0.353. The van der Waals surface area contributed by atoms with Gasteiger partial charge in [0, 0.05) is 25.5 Å². The van der Waals surface area contributed by atoms with Crippen molar-refractivity contribution in [3.63, 3.8) is 0 Å². The number of aliphatic hydroxyl groups is 1. The van der Waals surface area contributed by atoms with E-state index in [-0.39, 0.29) is 23.3 Å². The van der Waals surface area contributed by atoms with Crippen LogP contribution in [0.25, 0.3) is 0 Å². The maximum atomic E-state index is 12.4. The molecule has 6 heteroatoms. The van der Waals surface area contributed by atoms with Gasteiger partial charge in [0.2, 0.25) is 0 Å². The van der Waals surface area contributed by atoms with Crippen LogP contribution in [0.15, 0.2) is 42.7 Å². The zero-order chi connectivity index (χ0) is 16.2. The van der Waals surface area contributed by atoms with Crippen molar-refractivity contribution in [1.29, 1.82) is 0 Å². The van der Waals surface area contributed by atoms with Crippen LogP contribution < -0.4 is 5.73 Å². The maximum absolute atomic E-state index is 12.4. The number of nitrogens with two attached hydrogens (primary N) is 1. The molecule has 0 aliphatic carbocycles. The van der Waals surface area contributed by atoms with Crippen LogP contribution in [0.5, 0.6) is 0 Å². The molecule has 3 rings (SSSR count). The molecule has 0 radical (unpaired) electrons. The van der Waals surface area contributed by atoms with Gasteiger partial charge < -0.3 is 15.7 Å². The van der Waals surface area contributed by atoms with Gasteiger partial charge in [-0.3, -0.25) is 4.79 Å². The molecule has 120 valence electrons. The first-order valence-corrected chi connectivity index (χ1v) is 7.75. The smallest absolute Gasteiger partial charge is 0.276 e. The third-order valence-electron chi connectivity index (χ3n) is 4.34. The molecule has 3 N–H and O–H groups in total. The quantitative estimate of drug-likeness (QED) is 0.899. The van der Waals surface area contributed by atoms with Gasteiger partial charge >= 0.3 is 0 Å². The van der Waals surface area contributed by atoms with Gasteiger partial charge in [0.25, 0.3) is 5.91 Å². The molecule has 6 nitrogen and oxygen atoms in total. The van der Waals surface area contributed by atoms with Crippen LogP contribution in [0.1, 0.15) is 35.0 Å². The molecule has 0 spiro atoms. The number of nitrogen functional groups attached to an aromatic ring is 1. The van der Waals surface area contributed by atoms with E-state index in [1.54, 1.807) is 4.90 Å². The van der Waals surface area contributed by atoms with Crippen molar-refractivity contribution in [2.45, 2.75) is 18.9 Å². The summed E-state index contributed by atoms with van der Waals surface area (Å²) in [6.45, 7) is 1.17. The van der Waals surface area contributed by atoms with E-state index >= 15 is 0 Å². The number of benzene rings is 1. The van der Waals surface area contributed by atoms with Gasteiger partial charge in [0.05, 0.1) is 6.10 Å². The molecule has 1 amide bonds. The second-order valence-corrected chi connectivity index (χ2v) is 5.78. The average Bonchev–Trinajstić information content (AvgIpc) is 2.62. The number of nitrogens with zero attached hydrogens (tertiary/aromatic N) is 3. The standard InChI is InChI=1S/C17H20N4O2/c18-16-14(19-8-9-20-16)17(23)21-10-6-13(7-11-21)15(22)12-4-2-1-3-5-12/h1-5,8-9,13,15,22H,6-7,10-11H2,(H2,18,20). The van der Waals surface area contributed by atoms with Crippen LogP contribution in [0, 0.1) is 5.92 Å². The van der Waals surface area contributed by atoms with Crippen LogP contribution in [-0.2, 0) is 0 Å². The predicted octanol–water partition coefficient (Wildman–Crippen LogP) is 1.64. The largest absolute Gasteiger partial charge is 0.388 e. The first-order chi connectivity index (χ1) is 11.2. The molecule has 23 heavy (non-hydrogen) atoms. The SMILES string of the molecule is Nc1nccnc1C(=O)N1CCC(C(O)c2ccccc2)CC1. The van der Waals surface area contributed by atoms with Gasteiger partial charge in [0.1, 0.15) is 0 Å². The molecule has 1 unspecified atom stereocenters. The topological polar surface area (TPSA) is 92.3 Å². The first kappa shape index (κ1) is 15.4. The molecule has 1 saturated heterocycles. The van der Waals surface area contributed by atoms with Crippen LogP contribution in [0.3, 0.4) is 0 Å². The minimum atomic E-state index is -0.491. The second kappa shape index (κ2) is 6.75. The number of piperidine rings is 1. The lowest BCUT2D eigenvalue weighted by Gasteiger charge is -2.34. The zero-order valence-electron chi connectivity index (χ0n) is 12.8. The lowest BCUT2D eigenvalue weighted by molar-refractivity contribution is 0.0459. The highest BCUT2D eigenvalue weighted by Crippen LogP contribution is 2.31. The van der Waals surface area contributed by atoms with Crippen LogP contribution >= 0.6 is 0 Å². The highest BCUT2D eigenvalue weighted by molar-refractivity contribution is 5.96. The minimum Gasteiger partial charge on any atom is -0.388 e. The minimum absolute atomic E-state index is 0.153. The normalized spacial score (nSPS) is 17.0. The van der Waals surface area contributed by atoms with Crippen molar-refractivity contribution in [2.24, 2.45) is 5.92 Å². The van der Waals surface area contributed by atoms with Gasteiger partial charge in [-0.1, -0.05) is 30.3 Å². The summed E-state index contributed by atoms with van der Waals surface area (Å²) < 4.78 is 0. The molecular formula is C17H20N4O2. The summed E-state index contributed by atoms with van der Waals surface area (Å²) in [6.07, 6.45) is 3.95. The molecule has 1 fully saturated rings. The van der Waals surface area contributed by atoms with E-state index in [9.17, 15) is 9.90 Å². The van der Waals surface area contributed by atoms with Crippen molar-refractivity contribution in [3.05, 3.63) is 54.0 Å². The number of anilines is 1. The fourth-order valence-corrected chi connectivity index (χ4v) is 3.00. The molecule has 1 aliphatic heterocycles. The Morgan fingerprint density at radius 2 is 1.83 bits per heavy atom. The summed E-state index contributed by atoms with van der Waals surface area (Å²) in [5, 5.41) is 10.5. The van der Waals surface area contributed by atoms with Gasteiger partial charge in [-0.05, 0) is 24.3 Å². The second-order valence-electron chi connectivity index (χ2n) is 5.78. The highest BCUT2D eigenvalue weighted by atomic mass is 16.3. The Labute approximate surface area is 135 Å². The van der Waals surface area contributed by atoms with Gasteiger partial charge in [0.15, 0.2) is 11.5 Å². The number of hydrogen-bond acceptors (Lipinski definition) is 5. The van der Waals surface area contributed by atoms with E-state index in [1.807, 2.05) is 30.3 Å². The third kappa shape index (κ3) is 3.32. The molecule has 0 saturated carbocycles. The number of aromatic nitrogens is 2. The number of rotatable bonds is 3. The van der Waals surface area contributed by atoms with Gasteiger partial charge in [-0.15, -0.1) is 0 Å². The number of carbonyl (C=O) groups is 1. The number of carbonyl (C=O) groups excluding carboxylic acids is 1. The summed E-state index contributed by atoms with van der Waals surface area (Å²) in [5.41, 5.74) is 6.85. The summed E-state index contributed by atoms with van der Waals surface area (Å²) in [7, 11) is 0. The van der Waals surface area contributed by atoms with E-state index in [0.29, 0.717) is 13.1 Å². The average molecular weight is 312 g/mol. The molecule has 1 aromatic carbocycles. The first-order valence-electron chi connectivity index (χ1n) is 7.75. The Bertz CT molecular complexity index is 669. The summed E-state index contributed by atoms with van der Waals surface area (Å²) in [4.78, 5) is 22.1. The summed E-state index contributed by atoms with van der Waals surface area (Å²) in [5.74, 6) is 0.118. The Hall–Kier alpha value is -2.47. The predicted molar refractivity (Wildman–Crippen MR) is 86.5 cm³/mol. The van der Waals surface area contributed by atoms with Crippen LogP contribution in [0.4, 0.5) is 5.82 Å². The molecule has 1 atom stereocenters. The van der Waals surface area contributed by atoms with Crippen LogP contribution in [-0.4, -0.2) is 39.0 Å². The molecule has 0 bridgehead atoms. The van der Waals surface area contributed by atoms with Gasteiger partial charge in [-0.25, -0.2) is 9.97 Å². The Kier molecular flexibility index (Phi) is 4.52. The Balaban J connectivity index is 1.62. The Morgan fingerprint density at radius 3 is 2.48 bits per heavy atom. The lowest BCUT2D eigenvalue weighted by Crippen LogP contribution is -2.40. The van der Waals surface area contributed by atoms with E-state index < -0.39 is 6.10 Å². The van der Waals surface area contributed by atoms with Crippen LogP contribution in [0.2, 0.25) is 0 Å². The highest BCUT2D eigenvalue weighted by Gasteiger charge is 2.29. The Morgan fingerprint density at radius 1 is 1.17 bits per heavy atom. The third-order valence-corrected chi connectivity index (χ3v) is 4.34. The van der Waals surface area contributed by atoms with Gasteiger partial charge in [-0.2, -0.15) is 0 Å². The van der Waals surface area contributed by atoms with Crippen molar-refractivity contribution < 1.29 is 9.90 Å². The summed E-state index contributed by atoms with van der Waals surface area (Å²) >= 11 is 0. The maximum Gasteiger partial charge on any atom is 0.276 e. The van der Waals surface area contributed by atoms with Crippen molar-refractivity contribution in [3.8, 4) is 0 Å². The summed E-state index contributed by atoms with van der Waals surface area (Å²) in [6, 6.07) is 9.65. The van der Waals surface area contributed by atoms with E-state index in [4.69, 9.17) is 5.73 Å². The molecular weight excluding hydrogens is 292 g/mol. The van der Waals surface area contributed by atoms with E-state index in [1.165, 1.54) is 12.4 Å². The zero-order valence-corrected chi connectivity index (χ0v) is 12.8. The molecule has 2 heterocycles. The number of amides is 1. The lowest BCUT2D eigenvalue weighted by atomic mass is 9.87. The van der Waals surface area contributed by atoms with Crippen molar-refractivity contribution in [1.82, 2.24) is 14.9 Å². The molecule has 1 aromatic heterocycles. The molecule has 1 aliphatic rings. The number of likely N-dealkylation sites (tertiary alicyclic amines) is 1. The fourth-order valence-electron chi connectivity index (χ4n) is 3.00. The van der Waals surface area contributed by atoms with E-state index in [0.717, 1.165) is 18.4 Å². The number of aliphatic hydroxyl groups excluding tert-OH is 1. The van der Waals surface area contributed by atoms with E-state index in [2.05, 4.69) is 9.97 Å². The number of hydrogen-bond donors (Lipinski definition) is 2. The monoisotopic (exact) mass is 312 g/mol.